The zero-order chi connectivity index (χ0) is 14.8. The molecule has 0 aromatic heterocycles. The Kier molecular flexibility index (Phi) is 3.98. The average molecular weight is 291 g/mol. The summed E-state index contributed by atoms with van der Waals surface area (Å²) in [7, 11) is 0. The predicted octanol–water partition coefficient (Wildman–Crippen LogP) is 0.521. The molecule has 2 saturated heterocycles. The van der Waals surface area contributed by atoms with Crippen molar-refractivity contribution in [3.63, 3.8) is 0 Å². The number of ether oxygens (including phenoxy) is 1. The molecule has 3 N–H and O–H groups in total. The smallest absolute Gasteiger partial charge is 0.256 e. The molecular weight excluding hydrogens is 270 g/mol. The van der Waals surface area contributed by atoms with Crippen molar-refractivity contribution in [2.45, 2.75) is 12.5 Å². The topological polar surface area (TPSA) is 79.0 Å². The fourth-order valence-electron chi connectivity index (χ4n) is 3.07. The number of rotatable bonds is 2. The van der Waals surface area contributed by atoms with Crippen LogP contribution in [0, 0.1) is 0 Å². The van der Waals surface area contributed by atoms with Crippen LogP contribution in [0.25, 0.3) is 0 Å². The van der Waals surface area contributed by atoms with Crippen LogP contribution in [-0.2, 0) is 4.74 Å². The molecular formula is C15H21N3O3. The Morgan fingerprint density at radius 1 is 1.29 bits per heavy atom. The molecule has 0 radical (unpaired) electrons. The fourth-order valence-corrected chi connectivity index (χ4v) is 3.07. The highest BCUT2D eigenvalue weighted by Crippen LogP contribution is 2.24. The number of carbonyl (C=O) groups excluding carboxylic acids is 1. The number of carbonyl (C=O) groups is 1. The summed E-state index contributed by atoms with van der Waals surface area (Å²) in [4.78, 5) is 16.8. The van der Waals surface area contributed by atoms with Crippen LogP contribution in [0.3, 0.4) is 0 Å². The minimum atomic E-state index is -0.0980. The van der Waals surface area contributed by atoms with Crippen LogP contribution >= 0.6 is 0 Å². The van der Waals surface area contributed by atoms with E-state index in [1.54, 1.807) is 6.07 Å². The number of nitrogens with zero attached hydrogens (tertiary/aromatic N) is 2. The van der Waals surface area contributed by atoms with E-state index in [0.717, 1.165) is 39.3 Å². The van der Waals surface area contributed by atoms with Gasteiger partial charge in [-0.25, -0.2) is 0 Å². The SMILES string of the molecule is Nc1ccc(O)cc1C(=O)N1CCC(N2CCOCC2)C1. The zero-order valence-electron chi connectivity index (χ0n) is 12.0. The van der Waals surface area contributed by atoms with Crippen molar-refractivity contribution < 1.29 is 14.6 Å². The Morgan fingerprint density at radius 2 is 2.05 bits per heavy atom. The van der Waals surface area contributed by atoms with Gasteiger partial charge < -0.3 is 20.5 Å². The van der Waals surface area contributed by atoms with Crippen LogP contribution in [-0.4, -0.2) is 66.2 Å². The summed E-state index contributed by atoms with van der Waals surface area (Å²) in [6.45, 7) is 4.85. The number of benzene rings is 1. The summed E-state index contributed by atoms with van der Waals surface area (Å²) in [5, 5.41) is 9.54. The van der Waals surface area contributed by atoms with E-state index in [1.807, 2.05) is 4.90 Å². The van der Waals surface area contributed by atoms with Gasteiger partial charge in [0.25, 0.3) is 5.91 Å². The van der Waals surface area contributed by atoms with E-state index in [-0.39, 0.29) is 11.7 Å². The predicted molar refractivity (Wildman–Crippen MR) is 79.2 cm³/mol. The Bertz CT molecular complexity index is 529. The van der Waals surface area contributed by atoms with Gasteiger partial charge in [0, 0.05) is 37.9 Å². The van der Waals surface area contributed by atoms with Gasteiger partial charge in [-0.3, -0.25) is 9.69 Å². The second-order valence-electron chi connectivity index (χ2n) is 5.61. The van der Waals surface area contributed by atoms with Gasteiger partial charge in [-0.1, -0.05) is 0 Å². The summed E-state index contributed by atoms with van der Waals surface area (Å²) in [5.41, 5.74) is 6.65. The first-order chi connectivity index (χ1) is 10.1. The summed E-state index contributed by atoms with van der Waals surface area (Å²) in [5.74, 6) is -0.0318. The van der Waals surface area contributed by atoms with Crippen molar-refractivity contribution in [2.24, 2.45) is 0 Å². The Morgan fingerprint density at radius 3 is 2.81 bits per heavy atom. The standard InChI is InChI=1S/C15H21N3O3/c16-14-2-1-12(19)9-13(14)15(20)18-4-3-11(10-18)17-5-7-21-8-6-17/h1-2,9,11,19H,3-8,10,16H2. The molecule has 2 aliphatic heterocycles. The average Bonchev–Trinajstić information content (AvgIpc) is 3.00. The maximum absolute atomic E-state index is 12.5. The van der Waals surface area contributed by atoms with Crippen LogP contribution in [0.2, 0.25) is 0 Å². The number of hydrogen-bond acceptors (Lipinski definition) is 5. The molecule has 0 aliphatic carbocycles. The molecule has 0 spiro atoms. The first kappa shape index (κ1) is 14.2. The lowest BCUT2D eigenvalue weighted by Crippen LogP contribution is -2.45. The molecule has 21 heavy (non-hydrogen) atoms. The lowest BCUT2D eigenvalue weighted by atomic mass is 10.1. The van der Waals surface area contributed by atoms with Crippen molar-refractivity contribution in [1.82, 2.24) is 9.80 Å². The van der Waals surface area contributed by atoms with Gasteiger partial charge in [0.15, 0.2) is 0 Å². The summed E-state index contributed by atoms with van der Waals surface area (Å²) in [6.07, 6.45) is 0.977. The molecule has 1 amide bonds. The number of phenolic OH excluding ortho intramolecular Hbond substituents is 1. The monoisotopic (exact) mass is 291 g/mol. The van der Waals surface area contributed by atoms with E-state index in [1.165, 1.54) is 12.1 Å². The van der Waals surface area contributed by atoms with Gasteiger partial charge in [-0.15, -0.1) is 0 Å². The van der Waals surface area contributed by atoms with Crippen molar-refractivity contribution >= 4 is 11.6 Å². The van der Waals surface area contributed by atoms with Crippen LogP contribution in [0.1, 0.15) is 16.8 Å². The van der Waals surface area contributed by atoms with Gasteiger partial charge >= 0.3 is 0 Å². The second-order valence-corrected chi connectivity index (χ2v) is 5.61. The molecule has 1 aromatic rings. The number of nitrogens with two attached hydrogens (primary N) is 1. The largest absolute Gasteiger partial charge is 0.508 e. The van der Waals surface area contributed by atoms with Crippen LogP contribution < -0.4 is 5.73 Å². The van der Waals surface area contributed by atoms with Crippen LogP contribution in [0.5, 0.6) is 5.75 Å². The van der Waals surface area contributed by atoms with Crippen LogP contribution in [0.4, 0.5) is 5.69 Å². The molecule has 1 aromatic carbocycles. The third kappa shape index (κ3) is 2.96. The first-order valence-corrected chi connectivity index (χ1v) is 7.35. The van der Waals surface area contributed by atoms with Gasteiger partial charge in [0.2, 0.25) is 0 Å². The van der Waals surface area contributed by atoms with E-state index in [4.69, 9.17) is 10.5 Å². The van der Waals surface area contributed by atoms with Gasteiger partial charge in [0.05, 0.1) is 18.8 Å². The molecule has 6 nitrogen and oxygen atoms in total. The molecule has 0 bridgehead atoms. The number of anilines is 1. The second kappa shape index (κ2) is 5.91. The highest BCUT2D eigenvalue weighted by atomic mass is 16.5. The third-order valence-electron chi connectivity index (χ3n) is 4.28. The van der Waals surface area contributed by atoms with E-state index in [2.05, 4.69) is 4.90 Å². The Hall–Kier alpha value is -1.79. The minimum Gasteiger partial charge on any atom is -0.508 e. The van der Waals surface area contributed by atoms with Crippen molar-refractivity contribution in [1.29, 1.82) is 0 Å². The molecule has 0 saturated carbocycles. The number of amides is 1. The Balaban J connectivity index is 1.67. The number of morpholine rings is 1. The lowest BCUT2D eigenvalue weighted by molar-refractivity contribution is 0.0185. The third-order valence-corrected chi connectivity index (χ3v) is 4.28. The summed E-state index contributed by atoms with van der Waals surface area (Å²) in [6, 6.07) is 4.90. The van der Waals surface area contributed by atoms with Crippen LogP contribution in [0.15, 0.2) is 18.2 Å². The molecule has 114 valence electrons. The van der Waals surface area contributed by atoms with E-state index >= 15 is 0 Å². The quantitative estimate of drug-likeness (QED) is 0.613. The highest BCUT2D eigenvalue weighted by molar-refractivity contribution is 5.99. The van der Waals surface area contributed by atoms with E-state index in [9.17, 15) is 9.90 Å². The lowest BCUT2D eigenvalue weighted by Gasteiger charge is -2.32. The summed E-state index contributed by atoms with van der Waals surface area (Å²) < 4.78 is 5.37. The zero-order valence-corrected chi connectivity index (χ0v) is 12.0. The maximum atomic E-state index is 12.5. The number of hydrogen-bond donors (Lipinski definition) is 2. The van der Waals surface area contributed by atoms with E-state index < -0.39 is 0 Å². The molecule has 2 heterocycles. The van der Waals surface area contributed by atoms with Crippen molar-refractivity contribution in [3.05, 3.63) is 23.8 Å². The Labute approximate surface area is 124 Å². The number of nitrogen functional groups attached to an aromatic ring is 1. The minimum absolute atomic E-state index is 0.0662. The number of likely N-dealkylation sites (tertiary alicyclic amines) is 1. The molecule has 1 unspecified atom stereocenters. The normalized spacial score (nSPS) is 23.4. The fraction of sp³-hybridized carbons (Fsp3) is 0.533. The molecule has 2 fully saturated rings. The van der Waals surface area contributed by atoms with Gasteiger partial charge in [-0.05, 0) is 24.6 Å². The molecule has 6 heteroatoms. The van der Waals surface area contributed by atoms with Gasteiger partial charge in [0.1, 0.15) is 5.75 Å². The molecule has 1 atom stereocenters. The summed E-state index contributed by atoms with van der Waals surface area (Å²) >= 11 is 0. The number of phenols is 1. The number of aromatic hydroxyl groups is 1. The highest BCUT2D eigenvalue weighted by Gasteiger charge is 2.32. The first-order valence-electron chi connectivity index (χ1n) is 7.35. The van der Waals surface area contributed by atoms with Gasteiger partial charge in [-0.2, -0.15) is 0 Å². The molecule has 2 aliphatic rings. The van der Waals surface area contributed by atoms with Crippen molar-refractivity contribution in [3.8, 4) is 5.75 Å². The molecule has 3 rings (SSSR count). The van der Waals surface area contributed by atoms with Crippen molar-refractivity contribution in [2.75, 3.05) is 45.1 Å². The maximum Gasteiger partial charge on any atom is 0.256 e. The van der Waals surface area contributed by atoms with E-state index in [0.29, 0.717) is 23.8 Å².